The number of carbonyl (C=O) groups is 1. The molecule has 1 heterocycles. The van der Waals surface area contributed by atoms with E-state index in [1.807, 2.05) is 18.2 Å². The Morgan fingerprint density at radius 2 is 1.90 bits per heavy atom. The molecule has 0 aliphatic carbocycles. The molecule has 160 valence electrons. The lowest BCUT2D eigenvalue weighted by molar-refractivity contribution is 0.0993. The minimum absolute atomic E-state index is 0.124. The summed E-state index contributed by atoms with van der Waals surface area (Å²) in [5, 5.41) is 0.559. The summed E-state index contributed by atoms with van der Waals surface area (Å²) in [4.78, 5) is 13.2. The monoisotopic (exact) mass is 432 g/mol. The maximum atomic E-state index is 14.7. The SMILES string of the molecule is COc1ccccc1CC(=O)c1c(C)n(CCCNS(C)(=O)=O)c2c(F)cccc12. The summed E-state index contributed by atoms with van der Waals surface area (Å²) >= 11 is 0. The van der Waals surface area contributed by atoms with E-state index in [0.29, 0.717) is 40.9 Å². The second kappa shape index (κ2) is 8.97. The van der Waals surface area contributed by atoms with Crippen LogP contribution in [0.4, 0.5) is 4.39 Å². The number of nitrogens with zero attached hydrogens (tertiary/aromatic N) is 1. The molecule has 0 saturated carbocycles. The first-order valence-corrected chi connectivity index (χ1v) is 11.5. The number of hydrogen-bond acceptors (Lipinski definition) is 4. The molecule has 3 rings (SSSR count). The molecule has 0 saturated heterocycles. The number of nitrogens with one attached hydrogen (secondary N) is 1. The number of ether oxygens (including phenoxy) is 1. The molecular formula is C22H25FN2O4S. The number of carbonyl (C=O) groups excluding carboxylic acids is 1. The highest BCUT2D eigenvalue weighted by Crippen LogP contribution is 2.30. The zero-order chi connectivity index (χ0) is 21.9. The average molecular weight is 433 g/mol. The van der Waals surface area contributed by atoms with Gasteiger partial charge in [0.2, 0.25) is 10.0 Å². The van der Waals surface area contributed by atoms with Crippen molar-refractivity contribution in [3.63, 3.8) is 0 Å². The number of benzene rings is 2. The highest BCUT2D eigenvalue weighted by molar-refractivity contribution is 7.88. The van der Waals surface area contributed by atoms with Crippen molar-refractivity contribution in [2.24, 2.45) is 0 Å². The van der Waals surface area contributed by atoms with Gasteiger partial charge < -0.3 is 9.30 Å². The Hall–Kier alpha value is -2.71. The van der Waals surface area contributed by atoms with E-state index in [2.05, 4.69) is 4.72 Å². The van der Waals surface area contributed by atoms with E-state index in [1.165, 1.54) is 6.07 Å². The van der Waals surface area contributed by atoms with E-state index in [9.17, 15) is 17.6 Å². The predicted octanol–water partition coefficient (Wildman–Crippen LogP) is 3.46. The standard InChI is InChI=1S/C22H25FN2O4S/c1-15-21(19(26)14-16-8-4-5-11-20(16)29-2)17-9-6-10-18(23)22(17)25(15)13-7-12-24-30(3,27)28/h4-6,8-11,24H,7,12-14H2,1-3H3. The third kappa shape index (κ3) is 4.71. The minimum Gasteiger partial charge on any atom is -0.496 e. The molecule has 30 heavy (non-hydrogen) atoms. The van der Waals surface area contributed by atoms with Gasteiger partial charge in [0.1, 0.15) is 11.6 Å². The Morgan fingerprint density at radius 3 is 2.60 bits per heavy atom. The van der Waals surface area contributed by atoms with Crippen molar-refractivity contribution in [1.82, 2.24) is 9.29 Å². The molecule has 0 aliphatic rings. The van der Waals surface area contributed by atoms with E-state index in [0.717, 1.165) is 11.8 Å². The van der Waals surface area contributed by atoms with Crippen molar-refractivity contribution in [3.05, 3.63) is 65.1 Å². The molecule has 1 N–H and O–H groups in total. The summed E-state index contributed by atoms with van der Waals surface area (Å²) in [6.45, 7) is 2.41. The largest absolute Gasteiger partial charge is 0.496 e. The molecule has 0 atom stereocenters. The number of hydrogen-bond donors (Lipinski definition) is 1. The zero-order valence-corrected chi connectivity index (χ0v) is 18.1. The van der Waals surface area contributed by atoms with Crippen molar-refractivity contribution in [3.8, 4) is 5.75 Å². The third-order valence-electron chi connectivity index (χ3n) is 5.04. The lowest BCUT2D eigenvalue weighted by Gasteiger charge is -2.10. The number of aromatic nitrogens is 1. The molecular weight excluding hydrogens is 407 g/mol. The van der Waals surface area contributed by atoms with Gasteiger partial charge in [0.15, 0.2) is 5.78 Å². The van der Waals surface area contributed by atoms with Crippen LogP contribution in [0.25, 0.3) is 10.9 Å². The lowest BCUT2D eigenvalue weighted by atomic mass is 10.00. The Morgan fingerprint density at radius 1 is 1.17 bits per heavy atom. The summed E-state index contributed by atoms with van der Waals surface area (Å²) in [5.74, 6) is 0.0916. The van der Waals surface area contributed by atoms with Gasteiger partial charge in [-0.3, -0.25) is 4.79 Å². The topological polar surface area (TPSA) is 77.4 Å². The van der Waals surface area contributed by atoms with Crippen LogP contribution in [0.1, 0.15) is 28.0 Å². The number of para-hydroxylation sites is 2. The zero-order valence-electron chi connectivity index (χ0n) is 17.2. The first-order chi connectivity index (χ1) is 14.2. The molecule has 0 fully saturated rings. The van der Waals surface area contributed by atoms with Crippen LogP contribution in [0.2, 0.25) is 0 Å². The van der Waals surface area contributed by atoms with E-state index in [1.54, 1.807) is 36.8 Å². The molecule has 8 heteroatoms. The van der Waals surface area contributed by atoms with E-state index < -0.39 is 15.8 Å². The summed E-state index contributed by atoms with van der Waals surface area (Å²) < 4.78 is 46.7. The quantitative estimate of drug-likeness (QED) is 0.415. The maximum absolute atomic E-state index is 14.7. The number of rotatable bonds is 9. The highest BCUT2D eigenvalue weighted by atomic mass is 32.2. The maximum Gasteiger partial charge on any atom is 0.208 e. The van der Waals surface area contributed by atoms with Crippen LogP contribution >= 0.6 is 0 Å². The average Bonchev–Trinajstić information content (AvgIpc) is 2.97. The first kappa shape index (κ1) is 22.0. The fraction of sp³-hybridized carbons (Fsp3) is 0.318. The van der Waals surface area contributed by atoms with Gasteiger partial charge in [0.05, 0.1) is 18.9 Å². The van der Waals surface area contributed by atoms with Gasteiger partial charge >= 0.3 is 0 Å². The fourth-order valence-corrected chi connectivity index (χ4v) is 4.24. The van der Waals surface area contributed by atoms with E-state index in [-0.39, 0.29) is 18.7 Å². The van der Waals surface area contributed by atoms with Crippen LogP contribution in [0, 0.1) is 12.7 Å². The number of Topliss-reactive ketones (excluding diaryl/α,β-unsaturated/α-hetero) is 1. The minimum atomic E-state index is -3.29. The van der Waals surface area contributed by atoms with E-state index >= 15 is 0 Å². The van der Waals surface area contributed by atoms with Gasteiger partial charge in [0, 0.05) is 41.7 Å². The summed E-state index contributed by atoms with van der Waals surface area (Å²) in [6.07, 6.45) is 1.69. The summed E-state index contributed by atoms with van der Waals surface area (Å²) in [6, 6.07) is 12.0. The van der Waals surface area contributed by atoms with Crippen molar-refractivity contribution in [1.29, 1.82) is 0 Å². The van der Waals surface area contributed by atoms with Gasteiger partial charge in [0.25, 0.3) is 0 Å². The van der Waals surface area contributed by atoms with Crippen molar-refractivity contribution < 1.29 is 22.3 Å². The summed E-state index contributed by atoms with van der Waals surface area (Å²) in [7, 11) is -1.73. The molecule has 0 amide bonds. The Bertz CT molecular complexity index is 1190. The number of methoxy groups -OCH3 is 1. The molecule has 1 aromatic heterocycles. The van der Waals surface area contributed by atoms with Crippen molar-refractivity contribution in [2.45, 2.75) is 26.3 Å². The molecule has 0 spiro atoms. The van der Waals surface area contributed by atoms with Gasteiger partial charge in [-0.1, -0.05) is 30.3 Å². The van der Waals surface area contributed by atoms with E-state index in [4.69, 9.17) is 4.74 Å². The van der Waals surface area contributed by atoms with Gasteiger partial charge in [-0.25, -0.2) is 17.5 Å². The third-order valence-corrected chi connectivity index (χ3v) is 5.77. The smallest absolute Gasteiger partial charge is 0.208 e. The first-order valence-electron chi connectivity index (χ1n) is 9.60. The Labute approximate surface area is 175 Å². The number of halogens is 1. The predicted molar refractivity (Wildman–Crippen MR) is 115 cm³/mol. The normalized spacial score (nSPS) is 11.7. The Kier molecular flexibility index (Phi) is 6.58. The van der Waals surface area contributed by atoms with Gasteiger partial charge in [-0.15, -0.1) is 0 Å². The molecule has 0 unspecified atom stereocenters. The molecule has 3 aromatic rings. The van der Waals surface area contributed by atoms with Gasteiger partial charge in [-0.05, 0) is 25.5 Å². The van der Waals surface area contributed by atoms with Gasteiger partial charge in [-0.2, -0.15) is 0 Å². The highest BCUT2D eigenvalue weighted by Gasteiger charge is 2.22. The van der Waals surface area contributed by atoms with Crippen LogP contribution in [0.5, 0.6) is 5.75 Å². The van der Waals surface area contributed by atoms with Crippen LogP contribution in [0.15, 0.2) is 42.5 Å². The van der Waals surface area contributed by atoms with Crippen molar-refractivity contribution in [2.75, 3.05) is 19.9 Å². The molecule has 0 bridgehead atoms. The second-order valence-electron chi connectivity index (χ2n) is 7.18. The second-order valence-corrected chi connectivity index (χ2v) is 9.01. The van der Waals surface area contributed by atoms with Crippen LogP contribution in [0.3, 0.4) is 0 Å². The fourth-order valence-electron chi connectivity index (χ4n) is 3.73. The number of sulfonamides is 1. The molecule has 2 aromatic carbocycles. The molecule has 0 radical (unpaired) electrons. The van der Waals surface area contributed by atoms with Crippen LogP contribution < -0.4 is 9.46 Å². The number of fused-ring (bicyclic) bond motifs is 1. The number of ketones is 1. The van der Waals surface area contributed by atoms with Crippen LogP contribution in [-0.2, 0) is 23.0 Å². The van der Waals surface area contributed by atoms with Crippen LogP contribution in [-0.4, -0.2) is 38.7 Å². The summed E-state index contributed by atoms with van der Waals surface area (Å²) in [5.41, 5.74) is 2.26. The molecule has 6 nitrogen and oxygen atoms in total. The lowest BCUT2D eigenvalue weighted by Crippen LogP contribution is -2.24. The Balaban J connectivity index is 1.96. The van der Waals surface area contributed by atoms with Crippen molar-refractivity contribution >= 4 is 26.7 Å². The number of aryl methyl sites for hydroxylation is 1. The molecule has 0 aliphatic heterocycles.